The first-order chi connectivity index (χ1) is 8.23. The van der Waals surface area contributed by atoms with Gasteiger partial charge in [0.05, 0.1) is 0 Å². The fraction of sp³-hybridized carbons (Fsp3) is 0.923. The van der Waals surface area contributed by atoms with Crippen LogP contribution in [0.5, 0.6) is 0 Å². The van der Waals surface area contributed by atoms with E-state index in [1.54, 1.807) is 0 Å². The molecule has 0 bridgehead atoms. The lowest BCUT2D eigenvalue weighted by atomic mass is 9.95. The van der Waals surface area contributed by atoms with Crippen molar-refractivity contribution in [2.24, 2.45) is 0 Å². The molecule has 0 heterocycles. The molecule has 5 heteroatoms. The zero-order chi connectivity index (χ0) is 14.2. The predicted molar refractivity (Wildman–Crippen MR) is 64.3 cm³/mol. The molecule has 0 aromatic carbocycles. The predicted octanol–water partition coefficient (Wildman–Crippen LogP) is 4.01. The van der Waals surface area contributed by atoms with Crippen LogP contribution in [0.25, 0.3) is 0 Å². The van der Waals surface area contributed by atoms with Gasteiger partial charge >= 0.3 is 6.18 Å². The average Bonchev–Trinajstić information content (AvgIpc) is 2.26. The zero-order valence-electron chi connectivity index (χ0n) is 11.1. The maximum absolute atomic E-state index is 12.3. The molecule has 0 spiro atoms. The summed E-state index contributed by atoms with van der Waals surface area (Å²) in [5, 5.41) is 9.12. The van der Waals surface area contributed by atoms with Gasteiger partial charge in [0.25, 0.3) is 0 Å². The Hall–Kier alpha value is -0.580. The van der Waals surface area contributed by atoms with Crippen molar-refractivity contribution in [1.29, 1.82) is 0 Å². The lowest BCUT2D eigenvalue weighted by molar-refractivity contribution is -0.244. The largest absolute Gasteiger partial charge is 0.424 e. The molecule has 0 aromatic heterocycles. The summed E-state index contributed by atoms with van der Waals surface area (Å²) < 4.78 is 37.0. The van der Waals surface area contributed by atoms with Crippen molar-refractivity contribution in [1.82, 2.24) is 0 Å². The van der Waals surface area contributed by atoms with Crippen LogP contribution < -0.4 is 0 Å². The number of Topliss-reactive ketones (excluding diaryl/α,β-unsaturated/α-hetero) is 1. The zero-order valence-corrected chi connectivity index (χ0v) is 11.1. The number of halogens is 3. The van der Waals surface area contributed by atoms with Gasteiger partial charge in [0.1, 0.15) is 0 Å². The fourth-order valence-electron chi connectivity index (χ4n) is 1.64. The third kappa shape index (κ3) is 5.85. The summed E-state index contributed by atoms with van der Waals surface area (Å²) in [4.78, 5) is 11.3. The quantitative estimate of drug-likeness (QED) is 0.641. The third-order valence-electron chi connectivity index (χ3n) is 3.10. The standard InChI is InChI=1S/C13H23F3O2/c1-3-4-5-6-7-8-9-10-11(17)12(2,18)13(14,15)16/h18H,3-10H2,1-2H3. The maximum atomic E-state index is 12.3. The van der Waals surface area contributed by atoms with E-state index in [0.29, 0.717) is 13.3 Å². The van der Waals surface area contributed by atoms with Crippen molar-refractivity contribution in [3.8, 4) is 0 Å². The number of aliphatic hydroxyl groups is 1. The van der Waals surface area contributed by atoms with E-state index in [0.717, 1.165) is 32.1 Å². The van der Waals surface area contributed by atoms with Gasteiger partial charge in [-0.3, -0.25) is 4.79 Å². The molecule has 0 aromatic rings. The molecule has 108 valence electrons. The van der Waals surface area contributed by atoms with Crippen LogP contribution in [-0.4, -0.2) is 22.7 Å². The molecule has 0 saturated heterocycles. The summed E-state index contributed by atoms with van der Waals surface area (Å²) in [5.74, 6) is -1.14. The second kappa shape index (κ2) is 7.77. The van der Waals surface area contributed by atoms with Gasteiger partial charge < -0.3 is 5.11 Å². The molecule has 0 aliphatic heterocycles. The molecule has 0 aliphatic rings. The van der Waals surface area contributed by atoms with Crippen LogP contribution in [0.15, 0.2) is 0 Å². The van der Waals surface area contributed by atoms with Crippen molar-refractivity contribution in [2.45, 2.75) is 77.0 Å². The summed E-state index contributed by atoms with van der Waals surface area (Å²) in [6.45, 7) is 2.63. The Morgan fingerprint density at radius 3 is 1.89 bits per heavy atom. The van der Waals surface area contributed by atoms with Crippen molar-refractivity contribution >= 4 is 5.78 Å². The minimum atomic E-state index is -4.88. The molecule has 1 unspecified atom stereocenters. The van der Waals surface area contributed by atoms with E-state index in [1.165, 1.54) is 6.42 Å². The molecule has 0 fully saturated rings. The number of unbranched alkanes of at least 4 members (excludes halogenated alkanes) is 6. The average molecular weight is 268 g/mol. The van der Waals surface area contributed by atoms with Crippen LogP contribution in [0.4, 0.5) is 13.2 Å². The first-order valence-electron chi connectivity index (χ1n) is 6.56. The number of hydrogen-bond donors (Lipinski definition) is 1. The Balaban J connectivity index is 3.78. The van der Waals surface area contributed by atoms with Crippen molar-refractivity contribution < 1.29 is 23.1 Å². The topological polar surface area (TPSA) is 37.3 Å². The molecular weight excluding hydrogens is 245 g/mol. The molecule has 2 nitrogen and oxygen atoms in total. The van der Waals surface area contributed by atoms with Gasteiger partial charge in [0.15, 0.2) is 5.78 Å². The number of ketones is 1. The maximum Gasteiger partial charge on any atom is 0.424 e. The second-order valence-corrected chi connectivity index (χ2v) is 4.86. The highest BCUT2D eigenvalue weighted by atomic mass is 19.4. The first kappa shape index (κ1) is 17.4. The van der Waals surface area contributed by atoms with Gasteiger partial charge in [-0.2, -0.15) is 13.2 Å². The second-order valence-electron chi connectivity index (χ2n) is 4.86. The highest BCUT2D eigenvalue weighted by molar-refractivity contribution is 5.87. The van der Waals surface area contributed by atoms with Crippen molar-refractivity contribution in [3.63, 3.8) is 0 Å². The van der Waals surface area contributed by atoms with Gasteiger partial charge in [-0.1, -0.05) is 45.4 Å². The minimum absolute atomic E-state index is 0.208. The van der Waals surface area contributed by atoms with E-state index in [-0.39, 0.29) is 6.42 Å². The van der Waals surface area contributed by atoms with Gasteiger partial charge in [-0.25, -0.2) is 0 Å². The number of carbonyl (C=O) groups is 1. The molecule has 18 heavy (non-hydrogen) atoms. The summed E-state index contributed by atoms with van der Waals surface area (Å²) in [6, 6.07) is 0. The molecule has 1 atom stereocenters. The molecule has 0 rings (SSSR count). The van der Waals surface area contributed by atoms with Crippen molar-refractivity contribution in [3.05, 3.63) is 0 Å². The third-order valence-corrected chi connectivity index (χ3v) is 3.10. The monoisotopic (exact) mass is 268 g/mol. The van der Waals surface area contributed by atoms with E-state index in [9.17, 15) is 18.0 Å². The van der Waals surface area contributed by atoms with Crippen LogP contribution in [-0.2, 0) is 4.79 Å². The Morgan fingerprint density at radius 2 is 1.44 bits per heavy atom. The van der Waals surface area contributed by atoms with E-state index >= 15 is 0 Å². The lowest BCUT2D eigenvalue weighted by Crippen LogP contribution is -2.49. The van der Waals surface area contributed by atoms with Crippen LogP contribution in [0.2, 0.25) is 0 Å². The number of hydrogen-bond acceptors (Lipinski definition) is 2. The first-order valence-corrected chi connectivity index (χ1v) is 6.56. The molecular formula is C13H23F3O2. The SMILES string of the molecule is CCCCCCCCCC(=O)C(C)(O)C(F)(F)F. The van der Waals surface area contributed by atoms with Crippen molar-refractivity contribution in [2.75, 3.05) is 0 Å². The molecule has 0 saturated carbocycles. The molecule has 1 N–H and O–H groups in total. The van der Waals surface area contributed by atoms with Crippen LogP contribution in [0.3, 0.4) is 0 Å². The fourth-order valence-corrected chi connectivity index (χ4v) is 1.64. The van der Waals surface area contributed by atoms with Gasteiger partial charge in [-0.05, 0) is 13.3 Å². The Labute approximate surface area is 107 Å². The number of rotatable bonds is 9. The molecule has 0 aliphatic carbocycles. The number of alkyl halides is 3. The Bertz CT molecular complexity index is 247. The van der Waals surface area contributed by atoms with Gasteiger partial charge in [0, 0.05) is 6.42 Å². The lowest BCUT2D eigenvalue weighted by Gasteiger charge is -2.24. The highest BCUT2D eigenvalue weighted by Gasteiger charge is 2.54. The Morgan fingerprint density at radius 1 is 1.00 bits per heavy atom. The minimum Gasteiger partial charge on any atom is -0.374 e. The summed E-state index contributed by atoms with van der Waals surface area (Å²) in [7, 11) is 0. The van der Waals surface area contributed by atoms with Crippen LogP contribution in [0, 0.1) is 0 Å². The van der Waals surface area contributed by atoms with Crippen LogP contribution in [0.1, 0.15) is 65.2 Å². The van der Waals surface area contributed by atoms with Gasteiger partial charge in [0.2, 0.25) is 5.60 Å². The summed E-state index contributed by atoms with van der Waals surface area (Å²) >= 11 is 0. The summed E-state index contributed by atoms with van der Waals surface area (Å²) in [6.07, 6.45) is 1.49. The highest BCUT2D eigenvalue weighted by Crippen LogP contribution is 2.32. The van der Waals surface area contributed by atoms with Crippen LogP contribution >= 0.6 is 0 Å². The molecule has 0 amide bonds. The van der Waals surface area contributed by atoms with E-state index in [4.69, 9.17) is 5.11 Å². The number of carbonyl (C=O) groups excluding carboxylic acids is 1. The van der Waals surface area contributed by atoms with E-state index in [1.807, 2.05) is 0 Å². The van der Waals surface area contributed by atoms with E-state index in [2.05, 4.69) is 6.92 Å². The normalized spacial score (nSPS) is 15.4. The Kier molecular flexibility index (Phi) is 7.52. The van der Waals surface area contributed by atoms with E-state index < -0.39 is 17.6 Å². The smallest absolute Gasteiger partial charge is 0.374 e. The summed E-state index contributed by atoms with van der Waals surface area (Å²) in [5.41, 5.74) is -3.20. The molecule has 0 radical (unpaired) electrons. The van der Waals surface area contributed by atoms with Gasteiger partial charge in [-0.15, -0.1) is 0 Å².